The number of fused-ring (bicyclic) bond motifs is 1. The fourth-order valence-corrected chi connectivity index (χ4v) is 2.65. The van der Waals surface area contributed by atoms with Crippen LogP contribution in [0.1, 0.15) is 22.1 Å². The van der Waals surface area contributed by atoms with Gasteiger partial charge in [0.2, 0.25) is 5.75 Å². The number of phenolic OH excluding ortho intramolecular Hbond substituents is 1. The van der Waals surface area contributed by atoms with Crippen LogP contribution in [0.25, 0.3) is 0 Å². The standard InChI is InChI=1S/C16H15ClN2O4/c1-22-12-5-8(6-13(23-2)14(12)20)15-18-11-7-9(17)3-4-10(11)16(21)19-15/h3-7,15,18,20H,1-2H3,(H,19,21)/t15-/m1/s1. The molecule has 2 aromatic carbocycles. The van der Waals surface area contributed by atoms with Crippen LogP contribution in [-0.4, -0.2) is 25.2 Å². The number of halogens is 1. The van der Waals surface area contributed by atoms with Crippen molar-refractivity contribution in [3.8, 4) is 17.2 Å². The summed E-state index contributed by atoms with van der Waals surface area (Å²) in [5.74, 6) is 0.204. The summed E-state index contributed by atoms with van der Waals surface area (Å²) in [6.45, 7) is 0. The van der Waals surface area contributed by atoms with Crippen LogP contribution in [0.5, 0.6) is 17.2 Å². The van der Waals surface area contributed by atoms with Crippen molar-refractivity contribution in [2.75, 3.05) is 19.5 Å². The van der Waals surface area contributed by atoms with Gasteiger partial charge in [-0.25, -0.2) is 0 Å². The maximum absolute atomic E-state index is 12.3. The number of amides is 1. The van der Waals surface area contributed by atoms with Gasteiger partial charge in [-0.3, -0.25) is 4.79 Å². The van der Waals surface area contributed by atoms with Crippen LogP contribution < -0.4 is 20.1 Å². The number of hydrogen-bond donors (Lipinski definition) is 3. The van der Waals surface area contributed by atoms with Crippen molar-refractivity contribution < 1.29 is 19.4 Å². The number of phenols is 1. The molecule has 23 heavy (non-hydrogen) atoms. The third-order valence-corrected chi connectivity index (χ3v) is 3.87. The van der Waals surface area contributed by atoms with E-state index in [1.807, 2.05) is 0 Å². The summed E-state index contributed by atoms with van der Waals surface area (Å²) in [4.78, 5) is 12.3. The zero-order valence-electron chi connectivity index (χ0n) is 12.5. The van der Waals surface area contributed by atoms with Crippen LogP contribution in [0, 0.1) is 0 Å². The molecule has 2 aromatic rings. The second kappa shape index (κ2) is 5.89. The Balaban J connectivity index is 2.02. The zero-order chi connectivity index (χ0) is 16.6. The third-order valence-electron chi connectivity index (χ3n) is 3.64. The number of methoxy groups -OCH3 is 2. The molecule has 0 radical (unpaired) electrons. The van der Waals surface area contributed by atoms with Crippen LogP contribution in [0.3, 0.4) is 0 Å². The molecule has 1 amide bonds. The normalized spacial score (nSPS) is 16.1. The summed E-state index contributed by atoms with van der Waals surface area (Å²) in [6.07, 6.45) is -0.503. The van der Waals surface area contributed by atoms with E-state index in [-0.39, 0.29) is 23.2 Å². The molecule has 1 heterocycles. The number of ether oxygens (including phenoxy) is 2. The van der Waals surface area contributed by atoms with E-state index >= 15 is 0 Å². The average molecular weight is 335 g/mol. The van der Waals surface area contributed by atoms with E-state index in [4.69, 9.17) is 21.1 Å². The van der Waals surface area contributed by atoms with Crippen molar-refractivity contribution in [3.05, 3.63) is 46.5 Å². The Kier molecular flexibility index (Phi) is 3.92. The number of rotatable bonds is 3. The molecule has 0 unspecified atom stereocenters. The van der Waals surface area contributed by atoms with Gasteiger partial charge in [-0.1, -0.05) is 11.6 Å². The van der Waals surface area contributed by atoms with Crippen LogP contribution in [-0.2, 0) is 0 Å². The molecular weight excluding hydrogens is 320 g/mol. The number of carbonyl (C=O) groups excluding carboxylic acids is 1. The van der Waals surface area contributed by atoms with Gasteiger partial charge in [0.25, 0.3) is 5.91 Å². The average Bonchev–Trinajstić information content (AvgIpc) is 2.54. The molecule has 0 fully saturated rings. The molecular formula is C16H15ClN2O4. The Morgan fingerprint density at radius 3 is 2.35 bits per heavy atom. The number of aromatic hydroxyl groups is 1. The summed E-state index contributed by atoms with van der Waals surface area (Å²) < 4.78 is 10.3. The van der Waals surface area contributed by atoms with Crippen molar-refractivity contribution >= 4 is 23.2 Å². The highest BCUT2D eigenvalue weighted by molar-refractivity contribution is 6.31. The lowest BCUT2D eigenvalue weighted by Gasteiger charge is -2.28. The van der Waals surface area contributed by atoms with E-state index in [1.54, 1.807) is 30.3 Å². The maximum Gasteiger partial charge on any atom is 0.255 e. The first kappa shape index (κ1) is 15.3. The second-order valence-electron chi connectivity index (χ2n) is 5.01. The van der Waals surface area contributed by atoms with Crippen LogP contribution in [0.2, 0.25) is 5.02 Å². The molecule has 1 aliphatic rings. The Morgan fingerprint density at radius 2 is 1.74 bits per heavy atom. The van der Waals surface area contributed by atoms with Crippen LogP contribution >= 0.6 is 11.6 Å². The minimum Gasteiger partial charge on any atom is -0.502 e. The van der Waals surface area contributed by atoms with Gasteiger partial charge >= 0.3 is 0 Å². The molecule has 120 valence electrons. The van der Waals surface area contributed by atoms with Gasteiger partial charge in [-0.15, -0.1) is 0 Å². The van der Waals surface area contributed by atoms with E-state index in [9.17, 15) is 9.90 Å². The molecule has 0 saturated heterocycles. The molecule has 0 aromatic heterocycles. The fraction of sp³-hybridized carbons (Fsp3) is 0.188. The topological polar surface area (TPSA) is 79.8 Å². The lowest BCUT2D eigenvalue weighted by Crippen LogP contribution is -2.38. The lowest BCUT2D eigenvalue weighted by atomic mass is 10.0. The Hall–Kier alpha value is -2.60. The largest absolute Gasteiger partial charge is 0.502 e. The van der Waals surface area contributed by atoms with Crippen LogP contribution in [0.4, 0.5) is 5.69 Å². The zero-order valence-corrected chi connectivity index (χ0v) is 13.3. The van der Waals surface area contributed by atoms with Gasteiger partial charge in [0, 0.05) is 10.6 Å². The van der Waals surface area contributed by atoms with E-state index < -0.39 is 6.17 Å². The van der Waals surface area contributed by atoms with Crippen molar-refractivity contribution in [3.63, 3.8) is 0 Å². The summed E-state index contributed by atoms with van der Waals surface area (Å²) >= 11 is 5.99. The first-order chi connectivity index (χ1) is 11.0. The molecule has 0 saturated carbocycles. The third kappa shape index (κ3) is 2.73. The van der Waals surface area contributed by atoms with Gasteiger partial charge < -0.3 is 25.2 Å². The number of benzene rings is 2. The molecule has 1 aliphatic heterocycles. The summed E-state index contributed by atoms with van der Waals surface area (Å²) in [7, 11) is 2.89. The fourth-order valence-electron chi connectivity index (χ4n) is 2.48. The van der Waals surface area contributed by atoms with E-state index in [0.717, 1.165) is 0 Å². The van der Waals surface area contributed by atoms with Gasteiger partial charge in [0.15, 0.2) is 11.5 Å². The van der Waals surface area contributed by atoms with Gasteiger partial charge in [0.05, 0.1) is 25.5 Å². The SMILES string of the molecule is COc1cc([C@H]2NC(=O)c3ccc(Cl)cc3N2)cc(OC)c1O. The molecule has 0 bridgehead atoms. The predicted molar refractivity (Wildman–Crippen MR) is 86.5 cm³/mol. The van der Waals surface area contributed by atoms with E-state index in [1.165, 1.54) is 14.2 Å². The van der Waals surface area contributed by atoms with Crippen molar-refractivity contribution in [2.24, 2.45) is 0 Å². The highest BCUT2D eigenvalue weighted by Crippen LogP contribution is 2.39. The molecule has 0 aliphatic carbocycles. The first-order valence-corrected chi connectivity index (χ1v) is 7.23. The maximum atomic E-state index is 12.3. The first-order valence-electron chi connectivity index (χ1n) is 6.85. The summed E-state index contributed by atoms with van der Waals surface area (Å²) in [5, 5.41) is 16.6. The monoisotopic (exact) mass is 334 g/mol. The quantitative estimate of drug-likeness (QED) is 0.804. The highest BCUT2D eigenvalue weighted by Gasteiger charge is 2.26. The Morgan fingerprint density at radius 1 is 1.09 bits per heavy atom. The van der Waals surface area contributed by atoms with Crippen molar-refractivity contribution in [2.45, 2.75) is 6.17 Å². The predicted octanol–water partition coefficient (Wildman–Crippen LogP) is 2.92. The Labute approximate surface area is 138 Å². The highest BCUT2D eigenvalue weighted by atomic mass is 35.5. The van der Waals surface area contributed by atoms with Gasteiger partial charge in [-0.05, 0) is 30.3 Å². The van der Waals surface area contributed by atoms with Crippen molar-refractivity contribution in [1.82, 2.24) is 5.32 Å². The van der Waals surface area contributed by atoms with Gasteiger partial charge in [0.1, 0.15) is 6.17 Å². The molecule has 6 nitrogen and oxygen atoms in total. The second-order valence-corrected chi connectivity index (χ2v) is 5.45. The number of anilines is 1. The summed E-state index contributed by atoms with van der Waals surface area (Å²) in [6, 6.07) is 8.27. The number of hydrogen-bond acceptors (Lipinski definition) is 5. The summed E-state index contributed by atoms with van der Waals surface area (Å²) in [5.41, 5.74) is 1.83. The molecule has 0 spiro atoms. The van der Waals surface area contributed by atoms with Gasteiger partial charge in [-0.2, -0.15) is 0 Å². The van der Waals surface area contributed by atoms with E-state index in [2.05, 4.69) is 10.6 Å². The number of nitrogens with one attached hydrogen (secondary N) is 2. The Bertz CT molecular complexity index is 754. The van der Waals surface area contributed by atoms with Crippen molar-refractivity contribution in [1.29, 1.82) is 0 Å². The molecule has 3 rings (SSSR count). The molecule has 7 heteroatoms. The molecule has 3 N–H and O–H groups in total. The van der Waals surface area contributed by atoms with Crippen LogP contribution in [0.15, 0.2) is 30.3 Å². The van der Waals surface area contributed by atoms with E-state index in [0.29, 0.717) is 21.8 Å². The smallest absolute Gasteiger partial charge is 0.255 e. The number of carbonyl (C=O) groups is 1. The lowest BCUT2D eigenvalue weighted by molar-refractivity contribution is 0.0935. The molecule has 1 atom stereocenters. The minimum atomic E-state index is -0.503. The minimum absolute atomic E-state index is 0.0932.